The van der Waals surface area contributed by atoms with Gasteiger partial charge >= 0.3 is 5.97 Å². The Hall–Kier alpha value is -0.950. The van der Waals surface area contributed by atoms with Gasteiger partial charge in [-0.2, -0.15) is 12.6 Å². The van der Waals surface area contributed by atoms with Gasteiger partial charge in [0, 0.05) is 6.54 Å². The third-order valence-electron chi connectivity index (χ3n) is 1.56. The molecular weight excluding hydrogens is 204 g/mol. The molecule has 0 aliphatic carbocycles. The van der Waals surface area contributed by atoms with E-state index in [1.54, 1.807) is 0 Å². The molecule has 0 aliphatic heterocycles. The number of aliphatic carboxylic acids is 1. The Morgan fingerprint density at radius 2 is 2.29 bits per heavy atom. The van der Waals surface area contributed by atoms with Gasteiger partial charge in [0.2, 0.25) is 0 Å². The number of carboxylic acids is 1. The Labute approximate surface area is 88.2 Å². The fourth-order valence-corrected chi connectivity index (χ4v) is 0.946. The van der Waals surface area contributed by atoms with Crippen LogP contribution in [0.3, 0.4) is 0 Å². The number of nitrogens with two attached hydrogens (primary N) is 2. The molecule has 0 aliphatic rings. The van der Waals surface area contributed by atoms with E-state index in [2.05, 4.69) is 22.9 Å². The third kappa shape index (κ3) is 6.55. The number of hydrogen-bond acceptors (Lipinski definition) is 4. The van der Waals surface area contributed by atoms with Crippen molar-refractivity contribution in [3.8, 4) is 0 Å². The maximum Gasteiger partial charge on any atom is 0.320 e. The van der Waals surface area contributed by atoms with E-state index in [-0.39, 0.29) is 0 Å². The average Bonchev–Trinajstić information content (AvgIpc) is 2.12. The van der Waals surface area contributed by atoms with Gasteiger partial charge in [0.1, 0.15) is 6.04 Å². The second-order valence-electron chi connectivity index (χ2n) is 2.70. The Morgan fingerprint density at radius 3 is 2.79 bits per heavy atom. The summed E-state index contributed by atoms with van der Waals surface area (Å²) in [4.78, 5) is 14.1. The number of guanidine groups is 1. The number of carboxylic acid groups (broad SMARTS) is 1. The van der Waals surface area contributed by atoms with Gasteiger partial charge < -0.3 is 21.9 Å². The van der Waals surface area contributed by atoms with Crippen LogP contribution in [0, 0.1) is 0 Å². The zero-order chi connectivity index (χ0) is 11.0. The number of nitrogens with zero attached hydrogens (tertiary/aromatic N) is 1. The zero-order valence-corrected chi connectivity index (χ0v) is 8.70. The Bertz CT molecular complexity index is 210. The molecule has 0 bridgehead atoms. The van der Waals surface area contributed by atoms with Crippen LogP contribution >= 0.6 is 12.6 Å². The Morgan fingerprint density at radius 1 is 1.64 bits per heavy atom. The number of hydrogen-bond donors (Lipinski definition) is 5. The summed E-state index contributed by atoms with van der Waals surface area (Å²) in [6.07, 6.45) is 1.05. The van der Waals surface area contributed by atoms with Crippen molar-refractivity contribution in [2.24, 2.45) is 16.5 Å². The van der Waals surface area contributed by atoms with E-state index in [0.717, 1.165) is 0 Å². The molecule has 0 saturated heterocycles. The van der Waals surface area contributed by atoms with E-state index in [1.807, 2.05) is 0 Å². The molecule has 0 fully saturated rings. The monoisotopic (exact) mass is 220 g/mol. The summed E-state index contributed by atoms with van der Waals surface area (Å²) in [7, 11) is 0. The Kier molecular flexibility index (Phi) is 6.95. The van der Waals surface area contributed by atoms with Crippen LogP contribution in [0.2, 0.25) is 0 Å². The van der Waals surface area contributed by atoms with Crippen LogP contribution in [0.1, 0.15) is 12.8 Å². The average molecular weight is 220 g/mol. The molecule has 0 aromatic rings. The molecule has 0 heterocycles. The third-order valence-corrected chi connectivity index (χ3v) is 1.70. The number of carbonyl (C=O) groups is 1. The lowest BCUT2D eigenvalue weighted by atomic mass is 10.2. The van der Waals surface area contributed by atoms with Gasteiger partial charge in [-0.15, -0.1) is 0 Å². The van der Waals surface area contributed by atoms with Gasteiger partial charge in [-0.3, -0.25) is 4.79 Å². The van der Waals surface area contributed by atoms with E-state index in [1.165, 1.54) is 0 Å². The number of nitrogens with one attached hydrogen (secondary N) is 1. The highest BCUT2D eigenvalue weighted by molar-refractivity contribution is 7.80. The smallest absolute Gasteiger partial charge is 0.320 e. The molecule has 0 radical (unpaired) electrons. The quantitative estimate of drug-likeness (QED) is 0.170. The molecule has 0 rings (SSSR count). The maximum atomic E-state index is 10.3. The van der Waals surface area contributed by atoms with E-state index in [9.17, 15) is 4.79 Å². The van der Waals surface area contributed by atoms with Crippen LogP contribution < -0.4 is 16.8 Å². The predicted molar refractivity (Wildman–Crippen MR) is 58.3 cm³/mol. The molecule has 82 valence electrons. The number of thiol groups is 1. The number of rotatable bonds is 6. The topological polar surface area (TPSA) is 114 Å². The van der Waals surface area contributed by atoms with Gasteiger partial charge in [0.05, 0.1) is 5.88 Å². The van der Waals surface area contributed by atoms with Crippen LogP contribution in [-0.4, -0.2) is 35.5 Å². The van der Waals surface area contributed by atoms with Crippen LogP contribution in [0.25, 0.3) is 0 Å². The fraction of sp³-hybridized carbons (Fsp3) is 0.714. The minimum atomic E-state index is -0.984. The summed E-state index contributed by atoms with van der Waals surface area (Å²) in [6, 6.07) is -0.806. The predicted octanol–water partition coefficient (Wildman–Crippen LogP) is -1.03. The summed E-state index contributed by atoms with van der Waals surface area (Å²) < 4.78 is 0. The molecule has 0 spiro atoms. The molecule has 7 heteroatoms. The normalized spacial score (nSPS) is 13.7. The lowest BCUT2D eigenvalue weighted by Crippen LogP contribution is -2.34. The van der Waals surface area contributed by atoms with Crippen LogP contribution in [-0.2, 0) is 4.79 Å². The van der Waals surface area contributed by atoms with Crippen molar-refractivity contribution in [1.29, 1.82) is 0 Å². The van der Waals surface area contributed by atoms with Gasteiger partial charge in [-0.1, -0.05) is 0 Å². The second kappa shape index (κ2) is 7.45. The molecule has 0 aromatic carbocycles. The standard InChI is InChI=1S/C7H16N4O2S/c8-5(6(12)13)2-1-3-10-7(9)11-4-14/h5,14H,1-4,8H2,(H,12,13)(H3,9,10,11)/t5-/m0/s1. The van der Waals surface area contributed by atoms with E-state index in [0.29, 0.717) is 31.2 Å². The highest BCUT2D eigenvalue weighted by Gasteiger charge is 2.09. The lowest BCUT2D eigenvalue weighted by molar-refractivity contribution is -0.138. The first kappa shape index (κ1) is 13.1. The van der Waals surface area contributed by atoms with Crippen LogP contribution in [0.4, 0.5) is 0 Å². The van der Waals surface area contributed by atoms with Crippen molar-refractivity contribution in [3.05, 3.63) is 0 Å². The van der Waals surface area contributed by atoms with Gasteiger partial charge in [-0.25, -0.2) is 4.99 Å². The van der Waals surface area contributed by atoms with Crippen LogP contribution in [0.15, 0.2) is 4.99 Å². The summed E-state index contributed by atoms with van der Waals surface area (Å²) in [5.74, 6) is -0.348. The second-order valence-corrected chi connectivity index (χ2v) is 2.98. The molecule has 6 nitrogen and oxygen atoms in total. The zero-order valence-electron chi connectivity index (χ0n) is 7.81. The van der Waals surface area contributed by atoms with Crippen molar-refractivity contribution in [3.63, 3.8) is 0 Å². The van der Waals surface area contributed by atoms with Crippen molar-refractivity contribution in [2.75, 3.05) is 12.4 Å². The molecule has 0 aromatic heterocycles. The van der Waals surface area contributed by atoms with Crippen molar-refractivity contribution >= 4 is 24.6 Å². The molecule has 0 saturated carbocycles. The largest absolute Gasteiger partial charge is 0.480 e. The molecular formula is C7H16N4O2S. The Balaban J connectivity index is 3.47. The number of aliphatic imine (C=N–C) groups is 1. The minimum absolute atomic E-state index is 0.309. The first-order valence-electron chi connectivity index (χ1n) is 4.21. The van der Waals surface area contributed by atoms with Crippen LogP contribution in [0.5, 0.6) is 0 Å². The van der Waals surface area contributed by atoms with Gasteiger partial charge in [0.25, 0.3) is 0 Å². The van der Waals surface area contributed by atoms with E-state index >= 15 is 0 Å². The minimum Gasteiger partial charge on any atom is -0.480 e. The highest BCUT2D eigenvalue weighted by atomic mass is 32.1. The van der Waals surface area contributed by atoms with Crippen molar-refractivity contribution in [1.82, 2.24) is 5.32 Å². The van der Waals surface area contributed by atoms with Crippen molar-refractivity contribution < 1.29 is 9.90 Å². The van der Waals surface area contributed by atoms with E-state index in [4.69, 9.17) is 16.6 Å². The van der Waals surface area contributed by atoms with E-state index < -0.39 is 12.0 Å². The lowest BCUT2D eigenvalue weighted by Gasteiger charge is -2.07. The molecule has 0 amide bonds. The first-order valence-corrected chi connectivity index (χ1v) is 4.84. The summed E-state index contributed by atoms with van der Waals surface area (Å²) >= 11 is 3.86. The summed E-state index contributed by atoms with van der Waals surface area (Å²) in [5, 5.41) is 11.3. The molecule has 6 N–H and O–H groups in total. The summed E-state index contributed by atoms with van der Waals surface area (Å²) in [6.45, 7) is 0.560. The van der Waals surface area contributed by atoms with Crippen molar-refractivity contribution in [2.45, 2.75) is 18.9 Å². The molecule has 1 atom stereocenters. The summed E-state index contributed by atoms with van der Waals surface area (Å²) in [5.41, 5.74) is 10.7. The van der Waals surface area contributed by atoms with Gasteiger partial charge in [0.15, 0.2) is 5.96 Å². The maximum absolute atomic E-state index is 10.3. The fourth-order valence-electron chi connectivity index (χ4n) is 0.794. The molecule has 14 heavy (non-hydrogen) atoms. The SMILES string of the molecule is NC(=NCS)NCCC[C@H](N)C(=O)O. The highest BCUT2D eigenvalue weighted by Crippen LogP contribution is 1.92. The molecule has 0 unspecified atom stereocenters. The van der Waals surface area contributed by atoms with Gasteiger partial charge in [-0.05, 0) is 12.8 Å². The first-order chi connectivity index (χ1) is 6.57.